The molecule has 0 unspecified atom stereocenters. The average molecular weight is 554 g/mol. The van der Waals surface area contributed by atoms with Gasteiger partial charge in [0, 0.05) is 18.2 Å². The first-order valence-electron chi connectivity index (χ1n) is 12.9. The van der Waals surface area contributed by atoms with Gasteiger partial charge in [-0.3, -0.25) is 13.9 Å². The third-order valence-electron chi connectivity index (χ3n) is 6.92. The minimum absolute atomic E-state index is 0.0296. The van der Waals surface area contributed by atoms with Crippen molar-refractivity contribution in [2.24, 2.45) is 0 Å². The molecule has 0 aliphatic heterocycles. The molecule has 0 saturated carbocycles. The van der Waals surface area contributed by atoms with Gasteiger partial charge in [0.1, 0.15) is 18.4 Å². The SMILES string of the molecule is CC[C@@H](C)NC(=O)[C@H](C)N(Cc1ccccc1F)C(=O)CN(c1cccc(C)c1C)S(=O)(=O)c1ccccc1. The number of hydrogen-bond donors (Lipinski definition) is 1. The van der Waals surface area contributed by atoms with Crippen LogP contribution in [0, 0.1) is 19.7 Å². The number of benzene rings is 3. The van der Waals surface area contributed by atoms with Crippen LogP contribution in [0.3, 0.4) is 0 Å². The van der Waals surface area contributed by atoms with E-state index in [0.717, 1.165) is 9.87 Å². The highest BCUT2D eigenvalue weighted by atomic mass is 32.2. The Morgan fingerprint density at radius 2 is 1.56 bits per heavy atom. The molecule has 3 aromatic carbocycles. The van der Waals surface area contributed by atoms with Crippen molar-refractivity contribution >= 4 is 27.5 Å². The topological polar surface area (TPSA) is 86.8 Å². The number of nitrogens with zero attached hydrogens (tertiary/aromatic N) is 2. The van der Waals surface area contributed by atoms with Gasteiger partial charge in [0.05, 0.1) is 10.6 Å². The molecule has 0 fully saturated rings. The number of hydrogen-bond acceptors (Lipinski definition) is 4. The molecule has 0 radical (unpaired) electrons. The summed E-state index contributed by atoms with van der Waals surface area (Å²) in [5, 5.41) is 2.86. The molecule has 208 valence electrons. The van der Waals surface area contributed by atoms with Crippen LogP contribution < -0.4 is 9.62 Å². The Labute approximate surface area is 230 Å². The lowest BCUT2D eigenvalue weighted by atomic mass is 10.1. The summed E-state index contributed by atoms with van der Waals surface area (Å²) in [5.74, 6) is -1.56. The molecule has 2 atom stereocenters. The van der Waals surface area contributed by atoms with Gasteiger partial charge in [-0.05, 0) is 69.5 Å². The summed E-state index contributed by atoms with van der Waals surface area (Å²) in [4.78, 5) is 28.3. The molecule has 0 saturated heterocycles. The Balaban J connectivity index is 2.07. The predicted octanol–water partition coefficient (Wildman–Crippen LogP) is 4.97. The van der Waals surface area contributed by atoms with Crippen LogP contribution in [0.15, 0.2) is 77.7 Å². The van der Waals surface area contributed by atoms with E-state index < -0.39 is 40.2 Å². The second kappa shape index (κ2) is 12.9. The molecule has 0 bridgehead atoms. The van der Waals surface area contributed by atoms with Gasteiger partial charge in [-0.1, -0.05) is 55.5 Å². The minimum atomic E-state index is -4.16. The van der Waals surface area contributed by atoms with Crippen molar-refractivity contribution in [3.63, 3.8) is 0 Å². The van der Waals surface area contributed by atoms with Gasteiger partial charge >= 0.3 is 0 Å². The van der Waals surface area contributed by atoms with Crippen LogP contribution in [0.1, 0.15) is 43.9 Å². The Morgan fingerprint density at radius 1 is 0.923 bits per heavy atom. The number of carbonyl (C=O) groups is 2. The molecule has 0 aliphatic rings. The van der Waals surface area contributed by atoms with Gasteiger partial charge in [0.2, 0.25) is 11.8 Å². The summed E-state index contributed by atoms with van der Waals surface area (Å²) in [5.41, 5.74) is 2.14. The van der Waals surface area contributed by atoms with Gasteiger partial charge in [0.15, 0.2) is 0 Å². The number of amides is 2. The maximum Gasteiger partial charge on any atom is 0.264 e. The summed E-state index contributed by atoms with van der Waals surface area (Å²) >= 11 is 0. The molecule has 0 heterocycles. The van der Waals surface area contributed by atoms with Gasteiger partial charge in [0.25, 0.3) is 10.0 Å². The second-order valence-electron chi connectivity index (χ2n) is 9.65. The number of rotatable bonds is 11. The second-order valence-corrected chi connectivity index (χ2v) is 11.5. The number of carbonyl (C=O) groups excluding carboxylic acids is 2. The van der Waals surface area contributed by atoms with Gasteiger partial charge in [-0.2, -0.15) is 0 Å². The van der Waals surface area contributed by atoms with Crippen molar-refractivity contribution in [3.05, 3.63) is 95.3 Å². The van der Waals surface area contributed by atoms with Crippen molar-refractivity contribution in [1.82, 2.24) is 10.2 Å². The van der Waals surface area contributed by atoms with Crippen LogP contribution in [0.5, 0.6) is 0 Å². The van der Waals surface area contributed by atoms with Crippen LogP contribution in [0.2, 0.25) is 0 Å². The number of nitrogens with one attached hydrogen (secondary N) is 1. The van der Waals surface area contributed by atoms with Crippen LogP contribution in [0.4, 0.5) is 10.1 Å². The summed E-state index contributed by atoms with van der Waals surface area (Å²) in [7, 11) is -4.16. The molecule has 1 N–H and O–H groups in total. The van der Waals surface area contributed by atoms with Crippen molar-refractivity contribution in [1.29, 1.82) is 0 Å². The highest BCUT2D eigenvalue weighted by Gasteiger charge is 2.33. The Hall–Kier alpha value is -3.72. The molecule has 0 spiro atoms. The van der Waals surface area contributed by atoms with E-state index >= 15 is 0 Å². The zero-order valence-corrected chi connectivity index (χ0v) is 23.8. The predicted molar refractivity (Wildman–Crippen MR) is 151 cm³/mol. The van der Waals surface area contributed by atoms with E-state index in [1.807, 2.05) is 26.8 Å². The van der Waals surface area contributed by atoms with E-state index in [9.17, 15) is 22.4 Å². The molecule has 3 aromatic rings. The van der Waals surface area contributed by atoms with Crippen LogP contribution in [0.25, 0.3) is 0 Å². The lowest BCUT2D eigenvalue weighted by Crippen LogP contribution is -2.52. The summed E-state index contributed by atoms with van der Waals surface area (Å²) in [6.07, 6.45) is 0.690. The monoisotopic (exact) mass is 553 g/mol. The number of aryl methyl sites for hydroxylation is 1. The van der Waals surface area contributed by atoms with Gasteiger partial charge < -0.3 is 10.2 Å². The Bertz CT molecular complexity index is 1410. The zero-order valence-electron chi connectivity index (χ0n) is 23.0. The third kappa shape index (κ3) is 7.03. The third-order valence-corrected chi connectivity index (χ3v) is 8.70. The fourth-order valence-electron chi connectivity index (χ4n) is 4.10. The van der Waals surface area contributed by atoms with E-state index in [0.29, 0.717) is 17.7 Å². The highest BCUT2D eigenvalue weighted by molar-refractivity contribution is 7.92. The van der Waals surface area contributed by atoms with Crippen molar-refractivity contribution < 1.29 is 22.4 Å². The minimum Gasteiger partial charge on any atom is -0.352 e. The van der Waals surface area contributed by atoms with Crippen molar-refractivity contribution in [3.8, 4) is 0 Å². The van der Waals surface area contributed by atoms with Crippen LogP contribution in [-0.4, -0.2) is 43.8 Å². The molecule has 3 rings (SSSR count). The van der Waals surface area contributed by atoms with E-state index in [2.05, 4.69) is 5.32 Å². The average Bonchev–Trinajstić information content (AvgIpc) is 2.92. The lowest BCUT2D eigenvalue weighted by molar-refractivity contribution is -0.139. The fraction of sp³-hybridized carbons (Fsp3) is 0.333. The molecule has 0 aromatic heterocycles. The van der Waals surface area contributed by atoms with Gasteiger partial charge in [-0.15, -0.1) is 0 Å². The molecule has 2 amide bonds. The van der Waals surface area contributed by atoms with E-state index in [1.54, 1.807) is 56.3 Å². The molecule has 0 aliphatic carbocycles. The van der Waals surface area contributed by atoms with E-state index in [-0.39, 0.29) is 23.0 Å². The van der Waals surface area contributed by atoms with Crippen LogP contribution >= 0.6 is 0 Å². The molecular formula is C30H36FN3O4S. The first-order chi connectivity index (χ1) is 18.5. The van der Waals surface area contributed by atoms with E-state index in [4.69, 9.17) is 0 Å². The smallest absolute Gasteiger partial charge is 0.264 e. The zero-order chi connectivity index (χ0) is 28.7. The largest absolute Gasteiger partial charge is 0.352 e. The Morgan fingerprint density at radius 3 is 2.21 bits per heavy atom. The van der Waals surface area contributed by atoms with E-state index in [1.165, 1.54) is 29.2 Å². The molecule has 39 heavy (non-hydrogen) atoms. The summed E-state index contributed by atoms with van der Waals surface area (Å²) in [6, 6.07) is 18.0. The number of sulfonamides is 1. The number of anilines is 1. The fourth-order valence-corrected chi connectivity index (χ4v) is 5.59. The van der Waals surface area contributed by atoms with Crippen LogP contribution in [-0.2, 0) is 26.2 Å². The standard InChI is InChI=1S/C30H36FN3O4S/c1-6-22(3)32-30(36)24(5)33(19-25-14-10-11-17-27(25)31)29(35)20-34(28-18-12-13-21(2)23(28)4)39(37,38)26-15-8-7-9-16-26/h7-18,22,24H,6,19-20H2,1-5H3,(H,32,36)/t22-,24+/m1/s1. The highest BCUT2D eigenvalue weighted by Crippen LogP contribution is 2.29. The maximum atomic E-state index is 14.6. The quantitative estimate of drug-likeness (QED) is 0.363. The molecular weight excluding hydrogens is 517 g/mol. The molecule has 7 nitrogen and oxygen atoms in total. The number of halogens is 1. The molecule has 9 heteroatoms. The van der Waals surface area contributed by atoms with Gasteiger partial charge in [-0.25, -0.2) is 12.8 Å². The first-order valence-corrected chi connectivity index (χ1v) is 14.4. The normalized spacial score (nSPS) is 12.9. The first kappa shape index (κ1) is 29.8. The van der Waals surface area contributed by atoms with Crippen molar-refractivity contribution in [2.45, 2.75) is 64.6 Å². The van der Waals surface area contributed by atoms with Crippen molar-refractivity contribution in [2.75, 3.05) is 10.8 Å². The summed E-state index contributed by atoms with van der Waals surface area (Å²) in [6.45, 7) is 8.21. The lowest BCUT2D eigenvalue weighted by Gasteiger charge is -2.33. The maximum absolute atomic E-state index is 14.6. The Kier molecular flexibility index (Phi) is 9.86. The summed E-state index contributed by atoms with van der Waals surface area (Å²) < 4.78 is 43.4.